The number of aliphatic hydroxyl groups is 3. The van der Waals surface area contributed by atoms with Gasteiger partial charge in [-0.25, -0.2) is 0 Å². The van der Waals surface area contributed by atoms with Crippen molar-refractivity contribution in [3.05, 3.63) is 0 Å². The van der Waals surface area contributed by atoms with Crippen molar-refractivity contribution in [3.63, 3.8) is 0 Å². The third-order valence-corrected chi connectivity index (χ3v) is 1.89. The first-order valence-corrected chi connectivity index (χ1v) is 3.95. The third-order valence-electron chi connectivity index (χ3n) is 1.89. The highest BCUT2D eigenvalue weighted by Crippen LogP contribution is 2.13. The molecule has 0 radical (unpaired) electrons. The zero-order chi connectivity index (χ0) is 10.0. The monoisotopic (exact) mass is 191 g/mol. The molecule has 0 aromatic carbocycles. The summed E-state index contributed by atoms with van der Waals surface area (Å²) >= 11 is 0. The van der Waals surface area contributed by atoms with E-state index in [0.717, 1.165) is 0 Å². The fourth-order valence-corrected chi connectivity index (χ4v) is 1.19. The van der Waals surface area contributed by atoms with Crippen molar-refractivity contribution < 1.29 is 24.9 Å². The highest BCUT2D eigenvalue weighted by atomic mass is 16.6. The van der Waals surface area contributed by atoms with Gasteiger partial charge in [0, 0.05) is 6.92 Å². The molecule has 0 aliphatic carbocycles. The van der Waals surface area contributed by atoms with Gasteiger partial charge in [-0.3, -0.25) is 4.79 Å². The molecule has 1 aliphatic rings. The van der Waals surface area contributed by atoms with E-state index in [0.29, 0.717) is 0 Å². The van der Waals surface area contributed by atoms with Crippen LogP contribution in [-0.4, -0.2) is 52.4 Å². The molecule has 6 heteroatoms. The van der Waals surface area contributed by atoms with E-state index in [9.17, 15) is 9.90 Å². The minimum Gasteiger partial charge on any atom is -0.388 e. The van der Waals surface area contributed by atoms with Crippen molar-refractivity contribution in [2.75, 3.05) is 6.61 Å². The van der Waals surface area contributed by atoms with Gasteiger partial charge in [-0.05, 0) is 0 Å². The first-order chi connectivity index (χ1) is 6.02. The summed E-state index contributed by atoms with van der Waals surface area (Å²) < 4.78 is 4.70. The van der Waals surface area contributed by atoms with Gasteiger partial charge in [0.25, 0.3) is 0 Å². The quantitative estimate of drug-likeness (QED) is 0.369. The topological polar surface area (TPSA) is 99.0 Å². The van der Waals surface area contributed by atoms with Gasteiger partial charge in [-0.1, -0.05) is 0 Å². The molecule has 1 rings (SSSR count). The second-order valence-corrected chi connectivity index (χ2v) is 3.01. The molecule has 76 valence electrons. The highest BCUT2D eigenvalue weighted by Gasteiger charge is 2.37. The van der Waals surface area contributed by atoms with Crippen molar-refractivity contribution >= 4 is 5.91 Å². The Morgan fingerprint density at radius 2 is 2.00 bits per heavy atom. The first-order valence-electron chi connectivity index (χ1n) is 3.95. The summed E-state index contributed by atoms with van der Waals surface area (Å²) in [7, 11) is 0. The fourth-order valence-electron chi connectivity index (χ4n) is 1.19. The van der Waals surface area contributed by atoms with Crippen LogP contribution in [0.15, 0.2) is 0 Å². The van der Waals surface area contributed by atoms with Crippen LogP contribution in [0.4, 0.5) is 0 Å². The predicted molar refractivity (Wildman–Crippen MR) is 41.6 cm³/mol. The molecule has 4 N–H and O–H groups in total. The number of carbonyl (C=O) groups excluding carboxylic acids is 1. The largest absolute Gasteiger partial charge is 0.388 e. The number of ether oxygens (including phenoxy) is 1. The minimum atomic E-state index is -1.39. The molecule has 1 saturated heterocycles. The molecule has 1 unspecified atom stereocenters. The van der Waals surface area contributed by atoms with Crippen LogP contribution < -0.4 is 5.32 Å². The van der Waals surface area contributed by atoms with E-state index >= 15 is 0 Å². The maximum Gasteiger partial charge on any atom is 0.217 e. The van der Waals surface area contributed by atoms with E-state index in [1.807, 2.05) is 0 Å². The average Bonchev–Trinajstić information content (AvgIpc) is 2.06. The molecule has 0 saturated carbocycles. The zero-order valence-electron chi connectivity index (χ0n) is 7.17. The van der Waals surface area contributed by atoms with Crippen LogP contribution in [0.1, 0.15) is 6.92 Å². The Hall–Kier alpha value is -0.690. The number of rotatable bonds is 1. The van der Waals surface area contributed by atoms with Crippen LogP contribution >= 0.6 is 0 Å². The van der Waals surface area contributed by atoms with Crippen molar-refractivity contribution in [2.24, 2.45) is 0 Å². The summed E-state index contributed by atoms with van der Waals surface area (Å²) in [6.07, 6.45) is -3.97. The summed E-state index contributed by atoms with van der Waals surface area (Å²) in [6, 6.07) is -0.670. The lowest BCUT2D eigenvalue weighted by molar-refractivity contribution is -0.229. The Morgan fingerprint density at radius 1 is 1.38 bits per heavy atom. The Labute approximate surface area is 75.1 Å². The normalized spacial score (nSPS) is 40.0. The number of aliphatic hydroxyl groups excluding tert-OH is 3. The van der Waals surface area contributed by atoms with E-state index < -0.39 is 24.5 Å². The van der Waals surface area contributed by atoms with Crippen LogP contribution in [0.25, 0.3) is 0 Å². The summed E-state index contributed by atoms with van der Waals surface area (Å²) in [4.78, 5) is 10.6. The second-order valence-electron chi connectivity index (χ2n) is 3.01. The van der Waals surface area contributed by atoms with E-state index in [1.54, 1.807) is 0 Å². The van der Waals surface area contributed by atoms with Crippen LogP contribution in [0, 0.1) is 0 Å². The van der Waals surface area contributed by atoms with Gasteiger partial charge < -0.3 is 25.4 Å². The van der Waals surface area contributed by atoms with Crippen molar-refractivity contribution in [1.82, 2.24) is 5.32 Å². The summed E-state index contributed by atoms with van der Waals surface area (Å²) in [5, 5.41) is 29.9. The smallest absolute Gasteiger partial charge is 0.217 e. The number of nitrogens with one attached hydrogen (secondary N) is 1. The number of amides is 1. The molecule has 1 amide bonds. The maximum absolute atomic E-state index is 10.6. The third kappa shape index (κ3) is 2.38. The standard InChI is InChI=1S/C7H13NO5/c1-3(9)8-4-2-13-7(12)6(11)5(4)10/h4-7,10-12H,2H2,1H3,(H,8,9)/t4-,5-,6+,7?/m1/s1. The zero-order valence-corrected chi connectivity index (χ0v) is 7.17. The molecule has 1 aliphatic heterocycles. The molecular weight excluding hydrogens is 178 g/mol. The van der Waals surface area contributed by atoms with Gasteiger partial charge >= 0.3 is 0 Å². The second kappa shape index (κ2) is 4.01. The highest BCUT2D eigenvalue weighted by molar-refractivity contribution is 5.73. The molecule has 0 aromatic rings. The molecule has 0 bridgehead atoms. The fraction of sp³-hybridized carbons (Fsp3) is 0.857. The van der Waals surface area contributed by atoms with Gasteiger partial charge in [-0.15, -0.1) is 0 Å². The number of hydrogen-bond acceptors (Lipinski definition) is 5. The summed E-state index contributed by atoms with van der Waals surface area (Å²) in [6.45, 7) is 1.28. The van der Waals surface area contributed by atoms with Crippen LogP contribution in [-0.2, 0) is 9.53 Å². The molecule has 1 heterocycles. The lowest BCUT2D eigenvalue weighted by Gasteiger charge is -2.35. The molecule has 0 aromatic heterocycles. The van der Waals surface area contributed by atoms with Gasteiger partial charge in [0.15, 0.2) is 6.29 Å². The minimum absolute atomic E-state index is 0.0149. The van der Waals surface area contributed by atoms with Gasteiger partial charge in [0.05, 0.1) is 12.6 Å². The number of hydrogen-bond donors (Lipinski definition) is 4. The van der Waals surface area contributed by atoms with Crippen LogP contribution in [0.5, 0.6) is 0 Å². The van der Waals surface area contributed by atoms with E-state index in [1.165, 1.54) is 6.92 Å². The number of carbonyl (C=O) groups is 1. The molecule has 4 atom stereocenters. The van der Waals surface area contributed by atoms with Crippen molar-refractivity contribution in [1.29, 1.82) is 0 Å². The predicted octanol–water partition coefficient (Wildman–Crippen LogP) is -2.44. The van der Waals surface area contributed by atoms with Crippen molar-refractivity contribution in [3.8, 4) is 0 Å². The van der Waals surface area contributed by atoms with E-state index in [2.05, 4.69) is 5.32 Å². The lowest BCUT2D eigenvalue weighted by atomic mass is 10.0. The molecule has 1 fully saturated rings. The molecule has 0 spiro atoms. The molecule has 13 heavy (non-hydrogen) atoms. The SMILES string of the molecule is CC(=O)N[C@@H]1COC(O)[C@@H](O)[C@@H]1O. The average molecular weight is 191 g/mol. The molecule has 6 nitrogen and oxygen atoms in total. The summed E-state index contributed by atoms with van der Waals surface area (Å²) in [5.41, 5.74) is 0. The molecular formula is C7H13NO5. The van der Waals surface area contributed by atoms with Crippen LogP contribution in [0.3, 0.4) is 0 Å². The van der Waals surface area contributed by atoms with Crippen molar-refractivity contribution in [2.45, 2.75) is 31.5 Å². The Bertz CT molecular complexity index is 197. The maximum atomic E-state index is 10.6. The first kappa shape index (κ1) is 10.4. The summed E-state index contributed by atoms with van der Waals surface area (Å²) in [5.74, 6) is -0.323. The van der Waals surface area contributed by atoms with Crippen LogP contribution in [0.2, 0.25) is 0 Å². The van der Waals surface area contributed by atoms with Gasteiger partial charge in [0.1, 0.15) is 12.2 Å². The Kier molecular flexibility index (Phi) is 3.21. The lowest BCUT2D eigenvalue weighted by Crippen LogP contribution is -2.58. The van der Waals surface area contributed by atoms with Gasteiger partial charge in [-0.2, -0.15) is 0 Å². The Morgan fingerprint density at radius 3 is 2.54 bits per heavy atom. The van der Waals surface area contributed by atoms with Gasteiger partial charge in [0.2, 0.25) is 5.91 Å². The Balaban J connectivity index is 2.53. The van der Waals surface area contributed by atoms with E-state index in [-0.39, 0.29) is 12.5 Å². The van der Waals surface area contributed by atoms with E-state index in [4.69, 9.17) is 14.9 Å².